The fourth-order valence-electron chi connectivity index (χ4n) is 7.20. The average molecular weight is 978 g/mol. The van der Waals surface area contributed by atoms with Gasteiger partial charge in [-0.25, -0.2) is 0 Å². The molecule has 0 saturated carbocycles. The first-order valence-electron chi connectivity index (χ1n) is 19.2. The summed E-state index contributed by atoms with van der Waals surface area (Å²) in [7, 11) is 0. The van der Waals surface area contributed by atoms with Crippen molar-refractivity contribution in [3.05, 3.63) is 199 Å². The maximum absolute atomic E-state index is 6.54. The first kappa shape index (κ1) is 39.8. The summed E-state index contributed by atoms with van der Waals surface area (Å²) in [4.78, 5) is 9.35. The van der Waals surface area contributed by atoms with Gasteiger partial charge in [0.05, 0.1) is 5.58 Å². The van der Waals surface area contributed by atoms with E-state index in [4.69, 9.17) is 9.40 Å². The zero-order valence-electron chi connectivity index (χ0n) is 32.9. The van der Waals surface area contributed by atoms with Gasteiger partial charge in [-0.3, -0.25) is 0 Å². The monoisotopic (exact) mass is 979 g/mol. The van der Waals surface area contributed by atoms with Crippen LogP contribution in [0.4, 0.5) is 0 Å². The number of benzene rings is 6. The third-order valence-electron chi connectivity index (χ3n) is 10.5. The summed E-state index contributed by atoms with van der Waals surface area (Å²) >= 11 is -1.78. The first-order valence-corrected chi connectivity index (χ1v) is 26.6. The quantitative estimate of drug-likeness (QED) is 0.118. The van der Waals surface area contributed by atoms with E-state index >= 15 is 0 Å². The van der Waals surface area contributed by atoms with Crippen LogP contribution < -0.4 is 4.40 Å². The van der Waals surface area contributed by atoms with Gasteiger partial charge in [0.15, 0.2) is 0 Å². The van der Waals surface area contributed by atoms with E-state index < -0.39 is 13.3 Å². The minimum Gasteiger partial charge on any atom is 0 e. The molecule has 3 aromatic heterocycles. The van der Waals surface area contributed by atoms with Crippen LogP contribution in [0.2, 0.25) is 17.3 Å². The molecular weight excluding hydrogens is 933 g/mol. The average Bonchev–Trinajstić information content (AvgIpc) is 3.66. The summed E-state index contributed by atoms with van der Waals surface area (Å²) < 4.78 is 7.98. The SMILES string of the molecule is Cc1ccc(-c2ccccc2)c2c1oc1c(-c3cc(C(C)c4ccccc4)ccn3)[c-]ccc12.[CH3][Ge]([CH3])([CH3])[c]1ccc(-c2[c-]cc(-c3ccccc3)cc2)nc1.[Ir]. The maximum atomic E-state index is 6.54. The second-order valence-corrected chi connectivity index (χ2v) is 26.0. The number of hydrogen-bond donors (Lipinski definition) is 0. The molecule has 1 radical (unpaired) electrons. The Balaban J connectivity index is 0.000000188. The number of pyridine rings is 2. The Hall–Kier alpha value is -5.39. The third kappa shape index (κ3) is 8.65. The molecule has 1 atom stereocenters. The van der Waals surface area contributed by atoms with E-state index in [1.165, 1.54) is 37.8 Å². The van der Waals surface area contributed by atoms with Gasteiger partial charge in [0, 0.05) is 37.6 Å². The van der Waals surface area contributed by atoms with Crippen molar-refractivity contribution in [2.75, 3.05) is 0 Å². The van der Waals surface area contributed by atoms with Gasteiger partial charge in [0.1, 0.15) is 5.58 Å². The van der Waals surface area contributed by atoms with Crippen LogP contribution in [0.1, 0.15) is 29.5 Å². The molecule has 9 aromatic rings. The van der Waals surface area contributed by atoms with Gasteiger partial charge in [-0.1, -0.05) is 96.7 Å². The molecule has 5 heteroatoms. The van der Waals surface area contributed by atoms with E-state index in [0.717, 1.165) is 50.0 Å². The molecule has 0 aliphatic rings. The van der Waals surface area contributed by atoms with Crippen LogP contribution in [0.5, 0.6) is 0 Å². The van der Waals surface area contributed by atoms with Crippen molar-refractivity contribution in [2.24, 2.45) is 0 Å². The Morgan fingerprint density at radius 1 is 0.614 bits per heavy atom. The molecule has 0 aliphatic carbocycles. The predicted molar refractivity (Wildman–Crippen MR) is 237 cm³/mol. The van der Waals surface area contributed by atoms with Crippen LogP contribution in [0, 0.1) is 19.1 Å². The number of rotatable bonds is 7. The van der Waals surface area contributed by atoms with Crippen molar-refractivity contribution < 1.29 is 24.5 Å². The second-order valence-electron chi connectivity index (χ2n) is 15.3. The fourth-order valence-corrected chi connectivity index (χ4v) is 9.37. The zero-order chi connectivity index (χ0) is 38.6. The summed E-state index contributed by atoms with van der Waals surface area (Å²) in [6.07, 6.45) is 3.94. The molecule has 0 spiro atoms. The number of aromatic nitrogens is 2. The fraction of sp³-hybridized carbons (Fsp3) is 0.115. The summed E-state index contributed by atoms with van der Waals surface area (Å²) in [6, 6.07) is 61.5. The predicted octanol–water partition coefficient (Wildman–Crippen LogP) is 13.3. The number of hydrogen-bond acceptors (Lipinski definition) is 3. The molecule has 57 heavy (non-hydrogen) atoms. The summed E-state index contributed by atoms with van der Waals surface area (Å²) in [5.41, 5.74) is 14.0. The summed E-state index contributed by atoms with van der Waals surface area (Å²) in [6.45, 7) is 4.33. The van der Waals surface area contributed by atoms with E-state index in [1.54, 1.807) is 0 Å². The minimum atomic E-state index is -1.78. The largest absolute Gasteiger partial charge is 0 e. The van der Waals surface area contributed by atoms with Gasteiger partial charge < -0.3 is 9.40 Å². The van der Waals surface area contributed by atoms with Gasteiger partial charge in [-0.05, 0) is 46.5 Å². The van der Waals surface area contributed by atoms with E-state index in [9.17, 15) is 0 Å². The molecular formula is C52H44GeIrN2O-2. The standard InChI is InChI=1S/C32H24NO.C20H20GeN.Ir/c1-21-16-17-26(24-12-7-4-8-13-24)30-28-15-9-14-27(32(28)34-31(21)30)29-20-25(18-19-33-29)22(2)23-10-5-3-6-11-23;1-21(2,3)19-13-14-20(22-15-19)18-11-9-17(10-12-18)16-7-5-4-6-8-16;/h3-13,15-20,22H,1-2H3;4-11,13-15H,1-3H3;/q2*-1;. The zero-order valence-corrected chi connectivity index (χ0v) is 37.4. The molecule has 0 fully saturated rings. The number of furan rings is 1. The Kier molecular flexibility index (Phi) is 12.2. The van der Waals surface area contributed by atoms with Crippen molar-refractivity contribution in [3.63, 3.8) is 0 Å². The van der Waals surface area contributed by atoms with E-state index in [1.807, 2.05) is 36.7 Å². The topological polar surface area (TPSA) is 38.9 Å². The van der Waals surface area contributed by atoms with Crippen LogP contribution in [0.25, 0.3) is 66.7 Å². The first-order chi connectivity index (χ1) is 27.2. The van der Waals surface area contributed by atoms with Gasteiger partial charge in [0.25, 0.3) is 0 Å². The van der Waals surface area contributed by atoms with Crippen molar-refractivity contribution in [1.29, 1.82) is 0 Å². The third-order valence-corrected chi connectivity index (χ3v) is 14.8. The van der Waals surface area contributed by atoms with Crippen LogP contribution in [-0.4, -0.2) is 23.2 Å². The van der Waals surface area contributed by atoms with E-state index in [0.29, 0.717) is 0 Å². The summed E-state index contributed by atoms with van der Waals surface area (Å²) in [5, 5.41) is 2.24. The molecule has 3 nitrogen and oxygen atoms in total. The van der Waals surface area contributed by atoms with Crippen molar-refractivity contribution in [1.82, 2.24) is 9.97 Å². The van der Waals surface area contributed by atoms with Crippen LogP contribution in [-0.2, 0) is 20.1 Å². The summed E-state index contributed by atoms with van der Waals surface area (Å²) in [5.74, 6) is 7.43. The molecule has 9 rings (SSSR count). The van der Waals surface area contributed by atoms with Crippen LogP contribution in [0.3, 0.4) is 0 Å². The smallest absolute Gasteiger partial charge is 0 e. The molecule has 1 unspecified atom stereocenters. The van der Waals surface area contributed by atoms with Crippen molar-refractivity contribution in [3.8, 4) is 44.8 Å². The van der Waals surface area contributed by atoms with Gasteiger partial charge >= 0.3 is 135 Å². The van der Waals surface area contributed by atoms with Gasteiger partial charge in [-0.15, -0.1) is 18.2 Å². The van der Waals surface area contributed by atoms with Crippen molar-refractivity contribution in [2.45, 2.75) is 37.0 Å². The normalized spacial score (nSPS) is 11.7. The van der Waals surface area contributed by atoms with Gasteiger partial charge in [-0.2, -0.15) is 0 Å². The van der Waals surface area contributed by atoms with Crippen LogP contribution in [0.15, 0.2) is 175 Å². The molecule has 283 valence electrons. The second kappa shape index (κ2) is 17.4. The van der Waals surface area contributed by atoms with Gasteiger partial charge in [0.2, 0.25) is 0 Å². The van der Waals surface area contributed by atoms with Crippen molar-refractivity contribution >= 4 is 39.6 Å². The molecule has 0 aliphatic heterocycles. The molecule has 0 saturated heterocycles. The Bertz CT molecular complexity index is 2720. The molecule has 0 amide bonds. The number of fused-ring (bicyclic) bond motifs is 3. The molecule has 3 heterocycles. The van der Waals surface area contributed by atoms with E-state index in [-0.39, 0.29) is 26.0 Å². The molecule has 6 aromatic carbocycles. The molecule has 0 bridgehead atoms. The Morgan fingerprint density at radius 2 is 1.32 bits per heavy atom. The number of aryl methyl sites for hydroxylation is 1. The Labute approximate surface area is 352 Å². The van der Waals surface area contributed by atoms with Crippen LogP contribution >= 0.6 is 0 Å². The minimum absolute atomic E-state index is 0. The molecule has 0 N–H and O–H groups in total. The van der Waals surface area contributed by atoms with E-state index in [2.05, 4.69) is 182 Å². The maximum Gasteiger partial charge on any atom is 0 e. The Morgan fingerprint density at radius 3 is 1.96 bits per heavy atom. The number of nitrogens with zero attached hydrogens (tertiary/aromatic N) is 2.